The summed E-state index contributed by atoms with van der Waals surface area (Å²) in [5.74, 6) is 2.05. The summed E-state index contributed by atoms with van der Waals surface area (Å²) in [5.41, 5.74) is 2.05. The second kappa shape index (κ2) is 7.92. The average molecular weight is 322 g/mol. The van der Waals surface area contributed by atoms with E-state index in [1.54, 1.807) is 21.3 Å². The van der Waals surface area contributed by atoms with Crippen LogP contribution in [0.15, 0.2) is 36.4 Å². The minimum absolute atomic E-state index is 0.556. The normalized spacial score (nSPS) is 10.4. The SMILES string of the molecule is COc1ccccc1CNCc1ccc(OC)c(OC)c1Cl. The van der Waals surface area contributed by atoms with E-state index in [1.807, 2.05) is 36.4 Å². The molecule has 22 heavy (non-hydrogen) atoms. The molecule has 0 spiro atoms. The molecular formula is C17H20ClNO3. The topological polar surface area (TPSA) is 39.7 Å². The molecule has 0 aliphatic carbocycles. The molecule has 0 aromatic heterocycles. The third-order valence-corrected chi connectivity index (χ3v) is 3.80. The van der Waals surface area contributed by atoms with Crippen molar-refractivity contribution in [3.05, 3.63) is 52.5 Å². The molecule has 0 aliphatic rings. The molecule has 2 rings (SSSR count). The predicted molar refractivity (Wildman–Crippen MR) is 88.1 cm³/mol. The maximum atomic E-state index is 6.36. The lowest BCUT2D eigenvalue weighted by Crippen LogP contribution is -2.14. The second-order valence-electron chi connectivity index (χ2n) is 4.69. The number of methoxy groups -OCH3 is 3. The number of ether oxygens (including phenoxy) is 3. The van der Waals surface area contributed by atoms with Gasteiger partial charge in [0.15, 0.2) is 11.5 Å². The van der Waals surface area contributed by atoms with Crippen LogP contribution in [-0.4, -0.2) is 21.3 Å². The fourth-order valence-electron chi connectivity index (χ4n) is 2.25. The highest BCUT2D eigenvalue weighted by molar-refractivity contribution is 6.33. The Labute approximate surface area is 136 Å². The van der Waals surface area contributed by atoms with Gasteiger partial charge in [-0.25, -0.2) is 0 Å². The van der Waals surface area contributed by atoms with Gasteiger partial charge in [-0.05, 0) is 17.7 Å². The molecule has 118 valence electrons. The van der Waals surface area contributed by atoms with Crippen molar-refractivity contribution in [2.24, 2.45) is 0 Å². The first-order valence-electron chi connectivity index (χ1n) is 6.93. The van der Waals surface area contributed by atoms with E-state index in [0.29, 0.717) is 29.6 Å². The van der Waals surface area contributed by atoms with Crippen molar-refractivity contribution in [3.8, 4) is 17.2 Å². The largest absolute Gasteiger partial charge is 0.496 e. The number of hydrogen-bond acceptors (Lipinski definition) is 4. The Kier molecular flexibility index (Phi) is 5.92. The van der Waals surface area contributed by atoms with Gasteiger partial charge in [-0.2, -0.15) is 0 Å². The first kappa shape index (κ1) is 16.5. The summed E-state index contributed by atoms with van der Waals surface area (Å²) in [5, 5.41) is 3.93. The molecule has 1 N–H and O–H groups in total. The molecule has 4 nitrogen and oxygen atoms in total. The van der Waals surface area contributed by atoms with E-state index >= 15 is 0 Å². The Morgan fingerprint density at radius 1 is 0.818 bits per heavy atom. The number of rotatable bonds is 7. The first-order chi connectivity index (χ1) is 10.7. The zero-order chi connectivity index (χ0) is 15.9. The highest BCUT2D eigenvalue weighted by atomic mass is 35.5. The van der Waals surface area contributed by atoms with Crippen LogP contribution < -0.4 is 19.5 Å². The van der Waals surface area contributed by atoms with E-state index in [4.69, 9.17) is 25.8 Å². The van der Waals surface area contributed by atoms with Gasteiger partial charge in [0, 0.05) is 18.7 Å². The zero-order valence-electron chi connectivity index (χ0n) is 13.0. The van der Waals surface area contributed by atoms with Crippen molar-refractivity contribution in [1.82, 2.24) is 5.32 Å². The molecular weight excluding hydrogens is 302 g/mol. The fourth-order valence-corrected chi connectivity index (χ4v) is 2.55. The third-order valence-electron chi connectivity index (χ3n) is 3.39. The molecule has 2 aromatic carbocycles. The maximum Gasteiger partial charge on any atom is 0.179 e. The molecule has 0 unspecified atom stereocenters. The van der Waals surface area contributed by atoms with E-state index in [1.165, 1.54) is 0 Å². The van der Waals surface area contributed by atoms with Gasteiger partial charge < -0.3 is 19.5 Å². The molecule has 0 bridgehead atoms. The lowest BCUT2D eigenvalue weighted by atomic mass is 10.1. The lowest BCUT2D eigenvalue weighted by molar-refractivity contribution is 0.354. The Bertz CT molecular complexity index is 631. The van der Waals surface area contributed by atoms with Crippen molar-refractivity contribution in [3.63, 3.8) is 0 Å². The van der Waals surface area contributed by atoms with E-state index in [9.17, 15) is 0 Å². The molecule has 0 radical (unpaired) electrons. The van der Waals surface area contributed by atoms with Crippen LogP contribution in [0.3, 0.4) is 0 Å². The van der Waals surface area contributed by atoms with Gasteiger partial charge >= 0.3 is 0 Å². The van der Waals surface area contributed by atoms with Crippen molar-refractivity contribution >= 4 is 11.6 Å². The van der Waals surface area contributed by atoms with Crippen LogP contribution in [-0.2, 0) is 13.1 Å². The molecule has 0 saturated carbocycles. The summed E-state index contributed by atoms with van der Waals surface area (Å²) in [6, 6.07) is 11.7. The minimum Gasteiger partial charge on any atom is -0.496 e. The van der Waals surface area contributed by atoms with Gasteiger partial charge in [-0.1, -0.05) is 35.9 Å². The van der Waals surface area contributed by atoms with Crippen LogP contribution in [0.4, 0.5) is 0 Å². The minimum atomic E-state index is 0.556. The zero-order valence-corrected chi connectivity index (χ0v) is 13.7. The summed E-state index contributed by atoms with van der Waals surface area (Å²) in [7, 11) is 4.84. The Morgan fingerprint density at radius 2 is 1.50 bits per heavy atom. The number of hydrogen-bond donors (Lipinski definition) is 1. The van der Waals surface area contributed by atoms with E-state index < -0.39 is 0 Å². The number of halogens is 1. The van der Waals surface area contributed by atoms with Gasteiger partial charge in [0.1, 0.15) is 5.75 Å². The Hall–Kier alpha value is -1.91. The van der Waals surface area contributed by atoms with Crippen LogP contribution in [0.5, 0.6) is 17.2 Å². The summed E-state index contributed by atoms with van der Waals surface area (Å²) in [6.45, 7) is 1.31. The highest BCUT2D eigenvalue weighted by Crippen LogP contribution is 2.37. The second-order valence-corrected chi connectivity index (χ2v) is 5.07. The van der Waals surface area contributed by atoms with Gasteiger partial charge in [0.2, 0.25) is 0 Å². The smallest absolute Gasteiger partial charge is 0.179 e. The van der Waals surface area contributed by atoms with Crippen LogP contribution in [0, 0.1) is 0 Å². The predicted octanol–water partition coefficient (Wildman–Crippen LogP) is 3.66. The monoisotopic (exact) mass is 321 g/mol. The van der Waals surface area contributed by atoms with E-state index in [0.717, 1.165) is 16.9 Å². The average Bonchev–Trinajstić information content (AvgIpc) is 2.56. The van der Waals surface area contributed by atoms with Gasteiger partial charge in [-0.15, -0.1) is 0 Å². The Morgan fingerprint density at radius 3 is 2.18 bits per heavy atom. The van der Waals surface area contributed by atoms with Crippen molar-refractivity contribution in [1.29, 1.82) is 0 Å². The summed E-state index contributed by atoms with van der Waals surface area (Å²) in [4.78, 5) is 0. The Balaban J connectivity index is 2.06. The van der Waals surface area contributed by atoms with Gasteiger partial charge in [0.05, 0.1) is 26.4 Å². The molecule has 0 heterocycles. The molecule has 0 fully saturated rings. The summed E-state index contributed by atoms with van der Waals surface area (Å²) >= 11 is 6.36. The maximum absolute atomic E-state index is 6.36. The highest BCUT2D eigenvalue weighted by Gasteiger charge is 2.12. The van der Waals surface area contributed by atoms with Crippen molar-refractivity contribution in [2.75, 3.05) is 21.3 Å². The lowest BCUT2D eigenvalue weighted by Gasteiger charge is -2.14. The van der Waals surface area contributed by atoms with Crippen LogP contribution in [0.2, 0.25) is 5.02 Å². The van der Waals surface area contributed by atoms with Gasteiger partial charge in [0.25, 0.3) is 0 Å². The van der Waals surface area contributed by atoms with Gasteiger partial charge in [-0.3, -0.25) is 0 Å². The summed E-state index contributed by atoms with van der Waals surface area (Å²) in [6.07, 6.45) is 0. The molecule has 5 heteroatoms. The fraction of sp³-hybridized carbons (Fsp3) is 0.294. The number of para-hydroxylation sites is 1. The molecule has 0 amide bonds. The first-order valence-corrected chi connectivity index (χ1v) is 7.31. The quantitative estimate of drug-likeness (QED) is 0.845. The molecule has 0 saturated heterocycles. The van der Waals surface area contributed by atoms with Crippen LogP contribution in [0.1, 0.15) is 11.1 Å². The van der Waals surface area contributed by atoms with Crippen LogP contribution in [0.25, 0.3) is 0 Å². The third kappa shape index (κ3) is 3.64. The molecule has 0 aliphatic heterocycles. The molecule has 0 atom stereocenters. The standard InChI is InChI=1S/C17H20ClNO3/c1-20-14-7-5-4-6-12(14)10-19-11-13-8-9-15(21-2)17(22-3)16(13)18/h4-9,19H,10-11H2,1-3H3. The summed E-state index contributed by atoms with van der Waals surface area (Å²) < 4.78 is 15.9. The van der Waals surface area contributed by atoms with E-state index in [2.05, 4.69) is 5.32 Å². The van der Waals surface area contributed by atoms with E-state index in [-0.39, 0.29) is 0 Å². The van der Waals surface area contributed by atoms with Crippen LogP contribution >= 0.6 is 11.6 Å². The molecule has 2 aromatic rings. The van der Waals surface area contributed by atoms with Crippen molar-refractivity contribution in [2.45, 2.75) is 13.1 Å². The van der Waals surface area contributed by atoms with Crippen molar-refractivity contribution < 1.29 is 14.2 Å². The number of nitrogens with one attached hydrogen (secondary N) is 1. The number of benzene rings is 2.